The molecule has 1 aromatic carbocycles. The fourth-order valence-corrected chi connectivity index (χ4v) is 6.66. The first-order valence-corrected chi connectivity index (χ1v) is 15.1. The number of rotatable bonds is 9. The lowest BCUT2D eigenvalue weighted by Gasteiger charge is -2.37. The molecular formula is C32H43N7O. The average Bonchev–Trinajstić information content (AvgIpc) is 3.59. The number of pyridine rings is 1. The molecule has 1 N–H and O–H groups in total. The van der Waals surface area contributed by atoms with Gasteiger partial charge in [-0.1, -0.05) is 77.6 Å². The maximum absolute atomic E-state index is 14.3. The number of nitrogens with one attached hydrogen (secondary N) is 1. The summed E-state index contributed by atoms with van der Waals surface area (Å²) in [7, 11) is 0. The summed E-state index contributed by atoms with van der Waals surface area (Å²) in [5.74, 6) is 2.05. The second kappa shape index (κ2) is 12.7. The van der Waals surface area contributed by atoms with Crippen LogP contribution >= 0.6 is 0 Å². The van der Waals surface area contributed by atoms with Crippen molar-refractivity contribution in [1.29, 1.82) is 0 Å². The van der Waals surface area contributed by atoms with Crippen LogP contribution in [-0.2, 0) is 13.0 Å². The minimum Gasteiger partial charge on any atom is -0.295 e. The van der Waals surface area contributed by atoms with Crippen molar-refractivity contribution in [1.82, 2.24) is 34.7 Å². The summed E-state index contributed by atoms with van der Waals surface area (Å²) in [6.45, 7) is 9.69. The molecule has 1 aliphatic carbocycles. The summed E-state index contributed by atoms with van der Waals surface area (Å²) < 4.78 is 4.13. The van der Waals surface area contributed by atoms with Crippen LogP contribution in [0.1, 0.15) is 89.9 Å². The Morgan fingerprint density at radius 3 is 2.60 bits per heavy atom. The molecule has 8 heteroatoms. The van der Waals surface area contributed by atoms with Crippen molar-refractivity contribution in [3.8, 4) is 22.5 Å². The lowest BCUT2D eigenvalue weighted by molar-refractivity contribution is 0.151. The van der Waals surface area contributed by atoms with Gasteiger partial charge in [0.1, 0.15) is 0 Å². The Morgan fingerprint density at radius 1 is 1.05 bits per heavy atom. The van der Waals surface area contributed by atoms with Crippen LogP contribution in [0, 0.1) is 17.8 Å². The molecule has 1 fully saturated rings. The molecule has 0 saturated heterocycles. The van der Waals surface area contributed by atoms with E-state index in [1.807, 2.05) is 35.0 Å². The highest BCUT2D eigenvalue weighted by Crippen LogP contribution is 2.40. The normalized spacial score (nSPS) is 20.0. The van der Waals surface area contributed by atoms with Crippen LogP contribution in [0.15, 0.2) is 53.7 Å². The SMILES string of the molecule is CCCCc1cn(C2C(C)CCCCCC2C(C)C)c(=O)n1Cc1cnccc1-c1ccccc1-c1nn[nH]n1. The largest absolute Gasteiger partial charge is 0.328 e. The van der Waals surface area contributed by atoms with Gasteiger partial charge >= 0.3 is 5.69 Å². The zero-order chi connectivity index (χ0) is 28.1. The first-order valence-electron chi connectivity index (χ1n) is 15.1. The fourth-order valence-electron chi connectivity index (χ4n) is 6.66. The van der Waals surface area contributed by atoms with E-state index in [2.05, 4.69) is 70.1 Å². The molecule has 3 atom stereocenters. The molecule has 5 rings (SSSR count). The first-order chi connectivity index (χ1) is 19.5. The number of aromatic amines is 1. The topological polar surface area (TPSA) is 94.3 Å². The third-order valence-corrected chi connectivity index (χ3v) is 8.80. The first kappa shape index (κ1) is 28.0. The highest BCUT2D eigenvalue weighted by Gasteiger charge is 2.33. The number of benzene rings is 1. The standard InChI is InChI=1S/C32H43N7O/c1-5-6-13-25-21-39(30-23(4)12-8-7-9-14-26(30)22(2)3)32(40)38(25)20-24-19-33-18-17-27(24)28-15-10-11-16-29(28)31-34-36-37-35-31/h10-11,15-19,21-23,26,30H,5-9,12-14,20H2,1-4H3,(H,34,35,36,37). The number of imidazole rings is 1. The van der Waals surface area contributed by atoms with Crippen LogP contribution in [0.3, 0.4) is 0 Å². The van der Waals surface area contributed by atoms with Crippen molar-refractivity contribution in [3.63, 3.8) is 0 Å². The lowest BCUT2D eigenvalue weighted by atomic mass is 9.75. The predicted molar refractivity (Wildman–Crippen MR) is 159 cm³/mol. The molecular weight excluding hydrogens is 498 g/mol. The van der Waals surface area contributed by atoms with E-state index in [-0.39, 0.29) is 11.7 Å². The monoisotopic (exact) mass is 541 g/mol. The van der Waals surface area contributed by atoms with Gasteiger partial charge in [0.05, 0.1) is 6.54 Å². The van der Waals surface area contributed by atoms with Crippen molar-refractivity contribution in [2.45, 2.75) is 91.6 Å². The summed E-state index contributed by atoms with van der Waals surface area (Å²) in [6.07, 6.45) is 15.1. The van der Waals surface area contributed by atoms with E-state index < -0.39 is 0 Å². The number of aromatic nitrogens is 7. The smallest absolute Gasteiger partial charge is 0.295 e. The zero-order valence-electron chi connectivity index (χ0n) is 24.4. The summed E-state index contributed by atoms with van der Waals surface area (Å²) in [5, 5.41) is 14.8. The Balaban J connectivity index is 1.59. The minimum absolute atomic E-state index is 0.107. The van der Waals surface area contributed by atoms with E-state index >= 15 is 0 Å². The second-order valence-corrected chi connectivity index (χ2v) is 11.8. The van der Waals surface area contributed by atoms with E-state index in [1.54, 1.807) is 6.20 Å². The quantitative estimate of drug-likeness (QED) is 0.255. The van der Waals surface area contributed by atoms with E-state index in [4.69, 9.17) is 0 Å². The highest BCUT2D eigenvalue weighted by molar-refractivity contribution is 5.81. The van der Waals surface area contributed by atoms with E-state index in [9.17, 15) is 4.79 Å². The number of tetrazole rings is 1. The molecule has 1 saturated carbocycles. The molecule has 40 heavy (non-hydrogen) atoms. The van der Waals surface area contributed by atoms with Crippen LogP contribution in [0.4, 0.5) is 0 Å². The van der Waals surface area contributed by atoms with Gasteiger partial charge in [-0.15, -0.1) is 10.2 Å². The molecule has 0 bridgehead atoms. The van der Waals surface area contributed by atoms with Gasteiger partial charge < -0.3 is 0 Å². The molecule has 212 valence electrons. The van der Waals surface area contributed by atoms with E-state index in [1.165, 1.54) is 32.1 Å². The van der Waals surface area contributed by atoms with Gasteiger partial charge in [0.25, 0.3) is 0 Å². The number of H-pyrrole nitrogens is 1. The van der Waals surface area contributed by atoms with Gasteiger partial charge in [-0.05, 0) is 71.4 Å². The van der Waals surface area contributed by atoms with Crippen molar-refractivity contribution < 1.29 is 0 Å². The van der Waals surface area contributed by atoms with Crippen molar-refractivity contribution >= 4 is 0 Å². The van der Waals surface area contributed by atoms with Crippen molar-refractivity contribution in [2.75, 3.05) is 0 Å². The van der Waals surface area contributed by atoms with Gasteiger partial charge in [0, 0.05) is 35.9 Å². The number of aryl methyl sites for hydroxylation is 1. The summed E-state index contributed by atoms with van der Waals surface area (Å²) in [6, 6.07) is 10.3. The predicted octanol–water partition coefficient (Wildman–Crippen LogP) is 6.70. The van der Waals surface area contributed by atoms with Gasteiger partial charge in [-0.3, -0.25) is 14.1 Å². The maximum atomic E-state index is 14.3. The Morgan fingerprint density at radius 2 is 1.85 bits per heavy atom. The summed E-state index contributed by atoms with van der Waals surface area (Å²) in [5.41, 5.74) is 5.14. The molecule has 3 unspecified atom stereocenters. The molecule has 4 aromatic rings. The van der Waals surface area contributed by atoms with Gasteiger partial charge in [0.15, 0.2) is 0 Å². The number of unbranched alkanes of at least 4 members (excludes halogenated alkanes) is 1. The molecule has 0 amide bonds. The Hall–Kier alpha value is -3.55. The molecule has 3 heterocycles. The zero-order valence-corrected chi connectivity index (χ0v) is 24.4. The summed E-state index contributed by atoms with van der Waals surface area (Å²) >= 11 is 0. The van der Waals surface area contributed by atoms with Crippen LogP contribution in [-0.4, -0.2) is 34.7 Å². The van der Waals surface area contributed by atoms with Gasteiger partial charge in [-0.2, -0.15) is 5.21 Å². The van der Waals surface area contributed by atoms with Crippen LogP contribution in [0.25, 0.3) is 22.5 Å². The van der Waals surface area contributed by atoms with E-state index in [0.717, 1.165) is 47.2 Å². The van der Waals surface area contributed by atoms with E-state index in [0.29, 0.717) is 30.1 Å². The molecule has 0 radical (unpaired) electrons. The van der Waals surface area contributed by atoms with Crippen molar-refractivity contribution in [2.24, 2.45) is 17.8 Å². The fraction of sp³-hybridized carbons (Fsp3) is 0.531. The Kier molecular flexibility index (Phi) is 8.92. The van der Waals surface area contributed by atoms with Crippen LogP contribution in [0.2, 0.25) is 0 Å². The molecule has 8 nitrogen and oxygen atoms in total. The van der Waals surface area contributed by atoms with Crippen LogP contribution in [0.5, 0.6) is 0 Å². The number of hydrogen-bond donors (Lipinski definition) is 1. The van der Waals surface area contributed by atoms with Gasteiger partial charge in [0.2, 0.25) is 5.82 Å². The van der Waals surface area contributed by atoms with Crippen LogP contribution < -0.4 is 5.69 Å². The molecule has 0 aliphatic heterocycles. The van der Waals surface area contributed by atoms with Gasteiger partial charge in [-0.25, -0.2) is 4.79 Å². The Bertz CT molecular complexity index is 1440. The highest BCUT2D eigenvalue weighted by atomic mass is 16.1. The average molecular weight is 542 g/mol. The minimum atomic E-state index is 0.107. The molecule has 3 aromatic heterocycles. The Labute approximate surface area is 237 Å². The lowest BCUT2D eigenvalue weighted by Crippen LogP contribution is -2.37. The third kappa shape index (κ3) is 5.81. The summed E-state index contributed by atoms with van der Waals surface area (Å²) in [4.78, 5) is 18.8. The molecule has 1 aliphatic rings. The maximum Gasteiger partial charge on any atom is 0.328 e. The number of nitrogens with zero attached hydrogens (tertiary/aromatic N) is 6. The number of hydrogen-bond acceptors (Lipinski definition) is 5. The third-order valence-electron chi connectivity index (χ3n) is 8.80. The van der Waals surface area contributed by atoms with Crippen molar-refractivity contribution in [3.05, 3.63) is 70.7 Å². The molecule has 0 spiro atoms. The second-order valence-electron chi connectivity index (χ2n) is 11.8.